The van der Waals surface area contributed by atoms with Crippen LogP contribution in [-0.2, 0) is 11.3 Å². The molecule has 0 bridgehead atoms. The van der Waals surface area contributed by atoms with E-state index >= 15 is 0 Å². The molecule has 0 heterocycles. The Kier molecular flexibility index (Phi) is 5.68. The fraction of sp³-hybridized carbons (Fsp3) is 0.385. The van der Waals surface area contributed by atoms with Gasteiger partial charge in [-0.3, -0.25) is 9.69 Å². The lowest BCUT2D eigenvalue weighted by molar-refractivity contribution is -0.122. The van der Waals surface area contributed by atoms with Gasteiger partial charge in [-0.05, 0) is 24.7 Å². The van der Waals surface area contributed by atoms with Crippen LogP contribution in [0.2, 0.25) is 0 Å². The van der Waals surface area contributed by atoms with E-state index < -0.39 is 0 Å². The first-order valence-corrected chi connectivity index (χ1v) is 5.78. The maximum absolute atomic E-state index is 11.5. The lowest BCUT2D eigenvalue weighted by Crippen LogP contribution is -2.35. The predicted molar refractivity (Wildman–Crippen MR) is 70.4 cm³/mol. The molecule has 0 aliphatic carbocycles. The molecule has 1 amide bonds. The third-order valence-corrected chi connectivity index (χ3v) is 2.38. The maximum Gasteiger partial charge on any atom is 0.234 e. The largest absolute Gasteiger partial charge is 0.399 e. The Morgan fingerprint density at radius 1 is 1.56 bits per heavy atom. The Balaban J connectivity index is 2.35. The van der Waals surface area contributed by atoms with Gasteiger partial charge in [0.1, 0.15) is 0 Å². The molecule has 5 heteroatoms. The monoisotopic (exact) mass is 246 g/mol. The molecule has 18 heavy (non-hydrogen) atoms. The predicted octanol–water partition coefficient (Wildman–Crippen LogP) is 0.730. The zero-order chi connectivity index (χ0) is 13.4. The number of nitrogens with two attached hydrogens (primary N) is 1. The smallest absolute Gasteiger partial charge is 0.234 e. The second-order valence-electron chi connectivity index (χ2n) is 4.18. The van der Waals surface area contributed by atoms with Crippen LogP contribution in [0.15, 0.2) is 24.3 Å². The zero-order valence-electron chi connectivity index (χ0n) is 10.5. The molecule has 0 atom stereocenters. The van der Waals surface area contributed by atoms with Crippen LogP contribution < -0.4 is 11.1 Å². The van der Waals surface area contributed by atoms with Gasteiger partial charge >= 0.3 is 0 Å². The van der Waals surface area contributed by atoms with Crippen LogP contribution in [-0.4, -0.2) is 30.9 Å². The number of rotatable bonds is 6. The minimum atomic E-state index is -0.0725. The number of amides is 1. The van der Waals surface area contributed by atoms with Crippen LogP contribution in [0.5, 0.6) is 0 Å². The van der Waals surface area contributed by atoms with Crippen molar-refractivity contribution in [1.82, 2.24) is 10.2 Å². The number of likely N-dealkylation sites (N-methyl/N-ethyl adjacent to an activating group) is 1. The fourth-order valence-corrected chi connectivity index (χ4v) is 1.62. The maximum atomic E-state index is 11.5. The van der Waals surface area contributed by atoms with Crippen molar-refractivity contribution in [1.29, 1.82) is 5.26 Å². The van der Waals surface area contributed by atoms with E-state index in [1.165, 1.54) is 0 Å². The Morgan fingerprint density at radius 2 is 2.33 bits per heavy atom. The second-order valence-corrected chi connectivity index (χ2v) is 4.18. The van der Waals surface area contributed by atoms with Crippen LogP contribution in [0.1, 0.15) is 12.0 Å². The van der Waals surface area contributed by atoms with Crippen molar-refractivity contribution in [3.63, 3.8) is 0 Å². The van der Waals surface area contributed by atoms with Gasteiger partial charge in [-0.25, -0.2) is 0 Å². The molecule has 0 aromatic heterocycles. The first-order chi connectivity index (χ1) is 8.61. The van der Waals surface area contributed by atoms with Crippen LogP contribution in [0.4, 0.5) is 5.69 Å². The Labute approximate surface area is 107 Å². The van der Waals surface area contributed by atoms with Crippen molar-refractivity contribution in [3.05, 3.63) is 29.8 Å². The Hall–Kier alpha value is -2.06. The molecule has 96 valence electrons. The topological polar surface area (TPSA) is 82.2 Å². The molecule has 1 aromatic carbocycles. The normalized spacial score (nSPS) is 10.1. The molecule has 0 spiro atoms. The molecule has 0 saturated heterocycles. The van der Waals surface area contributed by atoms with E-state index in [4.69, 9.17) is 11.0 Å². The summed E-state index contributed by atoms with van der Waals surface area (Å²) in [6, 6.07) is 9.57. The van der Waals surface area contributed by atoms with Crippen molar-refractivity contribution in [2.45, 2.75) is 13.0 Å². The van der Waals surface area contributed by atoms with Crippen molar-refractivity contribution in [2.75, 3.05) is 25.9 Å². The molecule has 0 aliphatic rings. The van der Waals surface area contributed by atoms with Crippen molar-refractivity contribution >= 4 is 11.6 Å². The third-order valence-electron chi connectivity index (χ3n) is 2.38. The minimum absolute atomic E-state index is 0.0725. The van der Waals surface area contributed by atoms with Crippen LogP contribution >= 0.6 is 0 Å². The van der Waals surface area contributed by atoms with Gasteiger partial charge in [-0.1, -0.05) is 12.1 Å². The van der Waals surface area contributed by atoms with Crippen molar-refractivity contribution in [3.8, 4) is 6.07 Å². The Bertz CT molecular complexity index is 439. The van der Waals surface area contributed by atoms with Gasteiger partial charge in [0, 0.05) is 18.8 Å². The van der Waals surface area contributed by atoms with Crippen molar-refractivity contribution in [2.24, 2.45) is 0 Å². The zero-order valence-corrected chi connectivity index (χ0v) is 10.5. The van der Waals surface area contributed by atoms with Gasteiger partial charge in [0.05, 0.1) is 19.0 Å². The summed E-state index contributed by atoms with van der Waals surface area (Å²) < 4.78 is 0. The molecule has 1 rings (SSSR count). The fourth-order valence-electron chi connectivity index (χ4n) is 1.62. The summed E-state index contributed by atoms with van der Waals surface area (Å²) in [7, 11) is 1.87. The lowest BCUT2D eigenvalue weighted by atomic mass is 10.2. The van der Waals surface area contributed by atoms with E-state index in [1.807, 2.05) is 42.3 Å². The highest BCUT2D eigenvalue weighted by molar-refractivity contribution is 5.77. The number of nitrogens with one attached hydrogen (secondary N) is 1. The molecule has 5 nitrogen and oxygen atoms in total. The van der Waals surface area contributed by atoms with Gasteiger partial charge in [0.25, 0.3) is 0 Å². The minimum Gasteiger partial charge on any atom is -0.399 e. The summed E-state index contributed by atoms with van der Waals surface area (Å²) in [5.41, 5.74) is 7.48. The highest BCUT2D eigenvalue weighted by atomic mass is 16.2. The average Bonchev–Trinajstić information content (AvgIpc) is 2.29. The summed E-state index contributed by atoms with van der Waals surface area (Å²) in [4.78, 5) is 13.4. The van der Waals surface area contributed by atoms with E-state index in [0.29, 0.717) is 26.1 Å². The molecule has 0 unspecified atom stereocenters. The van der Waals surface area contributed by atoms with E-state index in [0.717, 1.165) is 11.3 Å². The van der Waals surface area contributed by atoms with Gasteiger partial charge in [-0.2, -0.15) is 5.26 Å². The van der Waals surface area contributed by atoms with Crippen LogP contribution in [0, 0.1) is 11.3 Å². The molecular formula is C13H18N4O. The van der Waals surface area contributed by atoms with Crippen LogP contribution in [0.25, 0.3) is 0 Å². The van der Waals surface area contributed by atoms with Crippen molar-refractivity contribution < 1.29 is 4.79 Å². The van der Waals surface area contributed by atoms with E-state index in [1.54, 1.807) is 0 Å². The number of hydrogen-bond acceptors (Lipinski definition) is 4. The molecule has 0 fully saturated rings. The summed E-state index contributed by atoms with van der Waals surface area (Å²) in [6.07, 6.45) is 0.338. The number of carbonyl (C=O) groups is 1. The number of hydrogen-bond donors (Lipinski definition) is 2. The number of nitrogens with zero attached hydrogens (tertiary/aromatic N) is 2. The number of anilines is 1. The van der Waals surface area contributed by atoms with Gasteiger partial charge in [0.2, 0.25) is 5.91 Å². The van der Waals surface area contributed by atoms with E-state index in [-0.39, 0.29) is 5.91 Å². The average molecular weight is 246 g/mol. The number of nitriles is 1. The molecular weight excluding hydrogens is 228 g/mol. The Morgan fingerprint density at radius 3 is 3.00 bits per heavy atom. The SMILES string of the molecule is CN(CC(=O)NCCC#N)Cc1cccc(N)c1. The van der Waals surface area contributed by atoms with Crippen LogP contribution in [0.3, 0.4) is 0 Å². The standard InChI is InChI=1S/C13H18N4O/c1-17(10-13(18)16-7-3-6-14)9-11-4-2-5-12(15)8-11/h2,4-5,8H,3,7,9-10,15H2,1H3,(H,16,18). The van der Waals surface area contributed by atoms with E-state index in [9.17, 15) is 4.79 Å². The van der Waals surface area contributed by atoms with Gasteiger partial charge in [-0.15, -0.1) is 0 Å². The molecule has 0 aliphatic heterocycles. The quantitative estimate of drug-likeness (QED) is 0.572. The van der Waals surface area contributed by atoms with E-state index in [2.05, 4.69) is 5.32 Å². The summed E-state index contributed by atoms with van der Waals surface area (Å²) in [5.74, 6) is -0.0725. The molecule has 1 aromatic rings. The summed E-state index contributed by atoms with van der Waals surface area (Å²) in [6.45, 7) is 1.37. The summed E-state index contributed by atoms with van der Waals surface area (Å²) in [5, 5.41) is 11.0. The molecule has 3 N–H and O–H groups in total. The third kappa shape index (κ3) is 5.32. The van der Waals surface area contributed by atoms with Gasteiger partial charge < -0.3 is 11.1 Å². The molecule has 0 saturated carbocycles. The number of nitrogen functional groups attached to an aromatic ring is 1. The number of benzene rings is 1. The first-order valence-electron chi connectivity index (χ1n) is 5.78. The lowest BCUT2D eigenvalue weighted by Gasteiger charge is -2.16. The molecule has 0 radical (unpaired) electrons. The van der Waals surface area contributed by atoms with Gasteiger partial charge in [0.15, 0.2) is 0 Å². The second kappa shape index (κ2) is 7.30. The highest BCUT2D eigenvalue weighted by Crippen LogP contribution is 2.08. The number of carbonyl (C=O) groups excluding carboxylic acids is 1. The highest BCUT2D eigenvalue weighted by Gasteiger charge is 2.06. The summed E-state index contributed by atoms with van der Waals surface area (Å²) >= 11 is 0. The first kappa shape index (κ1) is 14.0.